The van der Waals surface area contributed by atoms with Crippen LogP contribution >= 0.6 is 11.6 Å². The molecule has 0 N–H and O–H groups in total. The van der Waals surface area contributed by atoms with E-state index in [4.69, 9.17) is 16.3 Å². The number of carbonyl (C=O) groups is 1. The fraction of sp³-hybridized carbons (Fsp3) is 0.261. The summed E-state index contributed by atoms with van der Waals surface area (Å²) in [5.41, 5.74) is 0.598. The Morgan fingerprint density at radius 1 is 1.00 bits per heavy atom. The molecule has 0 bridgehead atoms. The van der Waals surface area contributed by atoms with Gasteiger partial charge in [0.15, 0.2) is 16.4 Å². The number of amides is 1. The smallest absolute Gasteiger partial charge is 0.260 e. The Labute approximate surface area is 181 Å². The highest BCUT2D eigenvalue weighted by atomic mass is 35.5. The summed E-state index contributed by atoms with van der Waals surface area (Å²) in [5.74, 6) is 0.293. The Bertz CT molecular complexity index is 1180. The molecule has 4 rings (SSSR count). The maximum atomic E-state index is 12.8. The summed E-state index contributed by atoms with van der Waals surface area (Å²) < 4.78 is 31.3. The summed E-state index contributed by atoms with van der Waals surface area (Å²) in [5, 5.41) is 1.86. The van der Waals surface area contributed by atoms with Crippen molar-refractivity contribution in [3.8, 4) is 5.75 Å². The number of hydrogen-bond acceptors (Lipinski definition) is 4. The Morgan fingerprint density at radius 3 is 2.53 bits per heavy atom. The van der Waals surface area contributed by atoms with E-state index in [9.17, 15) is 13.2 Å². The van der Waals surface area contributed by atoms with E-state index in [0.29, 0.717) is 29.3 Å². The van der Waals surface area contributed by atoms with E-state index < -0.39 is 15.1 Å². The summed E-state index contributed by atoms with van der Waals surface area (Å²) in [6.07, 6.45) is 0.313. The summed E-state index contributed by atoms with van der Waals surface area (Å²) in [6.45, 7) is 0.368. The van der Waals surface area contributed by atoms with Crippen LogP contribution in [0.3, 0.4) is 0 Å². The largest absolute Gasteiger partial charge is 0.484 e. The number of hydrogen-bond donors (Lipinski definition) is 0. The summed E-state index contributed by atoms with van der Waals surface area (Å²) in [6, 6.07) is 20.6. The Hall–Kier alpha value is -2.57. The Morgan fingerprint density at radius 2 is 1.73 bits per heavy atom. The lowest BCUT2D eigenvalue weighted by Gasteiger charge is -2.20. The fourth-order valence-electron chi connectivity index (χ4n) is 3.77. The third kappa shape index (κ3) is 4.45. The van der Waals surface area contributed by atoms with Gasteiger partial charge in [-0.05, 0) is 41.0 Å². The number of rotatable bonds is 4. The fourth-order valence-corrected chi connectivity index (χ4v) is 5.92. The normalized spacial score (nSPS) is 18.7. The monoisotopic (exact) mass is 443 g/mol. The van der Waals surface area contributed by atoms with E-state index in [-0.39, 0.29) is 24.8 Å². The first-order valence-corrected chi connectivity index (χ1v) is 11.9. The molecule has 1 unspecified atom stereocenters. The number of carbonyl (C=O) groups excluding carboxylic acids is 1. The zero-order valence-electron chi connectivity index (χ0n) is 16.3. The number of ether oxygens (including phenoxy) is 1. The van der Waals surface area contributed by atoms with E-state index in [1.54, 1.807) is 29.2 Å². The molecule has 0 saturated carbocycles. The first-order chi connectivity index (χ1) is 14.4. The van der Waals surface area contributed by atoms with Gasteiger partial charge in [-0.15, -0.1) is 0 Å². The SMILES string of the molecule is O=C(COc1ccc2ccccc2c1)N1CCC(c2ccccc2Cl)S(=O)(=O)CC1. The molecule has 1 amide bonds. The van der Waals surface area contributed by atoms with E-state index in [0.717, 1.165) is 10.8 Å². The standard InChI is InChI=1S/C23H22ClNO4S/c24-21-8-4-3-7-20(21)22-11-12-25(13-14-30(22,27)28)23(26)16-29-19-10-9-17-5-1-2-6-18(17)15-19/h1-10,15,22H,11-14,16H2. The molecule has 1 aliphatic heterocycles. The second-order valence-electron chi connectivity index (χ2n) is 7.34. The number of sulfone groups is 1. The predicted octanol–water partition coefficient (Wildman–Crippen LogP) is 4.26. The van der Waals surface area contributed by atoms with Gasteiger partial charge < -0.3 is 9.64 Å². The molecule has 0 aliphatic carbocycles. The molecule has 3 aromatic carbocycles. The number of benzene rings is 3. The quantitative estimate of drug-likeness (QED) is 0.604. The molecular formula is C23H22ClNO4S. The van der Waals surface area contributed by atoms with Gasteiger partial charge in [0, 0.05) is 18.1 Å². The van der Waals surface area contributed by atoms with Crippen LogP contribution < -0.4 is 4.74 Å². The second-order valence-corrected chi connectivity index (χ2v) is 10.1. The first kappa shape index (κ1) is 20.7. The second kappa shape index (κ2) is 8.66. The van der Waals surface area contributed by atoms with Gasteiger partial charge in [-0.1, -0.05) is 60.1 Å². The maximum absolute atomic E-state index is 12.8. The van der Waals surface area contributed by atoms with Gasteiger partial charge in [0.1, 0.15) is 5.75 Å². The molecule has 1 fully saturated rings. The van der Waals surface area contributed by atoms with Crippen molar-refractivity contribution in [1.29, 1.82) is 0 Å². The molecular weight excluding hydrogens is 422 g/mol. The highest BCUT2D eigenvalue weighted by Crippen LogP contribution is 2.33. The molecule has 1 saturated heterocycles. The zero-order chi connectivity index (χ0) is 21.1. The molecule has 0 aromatic heterocycles. The van der Waals surface area contributed by atoms with Gasteiger partial charge in [0.25, 0.3) is 5.91 Å². The van der Waals surface area contributed by atoms with Gasteiger partial charge in [0.05, 0.1) is 11.0 Å². The predicted molar refractivity (Wildman–Crippen MR) is 119 cm³/mol. The molecule has 1 atom stereocenters. The van der Waals surface area contributed by atoms with Crippen molar-refractivity contribution >= 4 is 38.1 Å². The van der Waals surface area contributed by atoms with Crippen molar-refractivity contribution < 1.29 is 17.9 Å². The third-order valence-electron chi connectivity index (χ3n) is 5.43. The third-order valence-corrected chi connectivity index (χ3v) is 7.88. The first-order valence-electron chi connectivity index (χ1n) is 9.79. The lowest BCUT2D eigenvalue weighted by molar-refractivity contribution is -0.133. The molecule has 1 aliphatic rings. The highest BCUT2D eigenvalue weighted by molar-refractivity contribution is 7.91. The molecule has 0 radical (unpaired) electrons. The van der Waals surface area contributed by atoms with Gasteiger partial charge in [-0.2, -0.15) is 0 Å². The Kier molecular flexibility index (Phi) is 5.97. The van der Waals surface area contributed by atoms with E-state index in [2.05, 4.69) is 0 Å². The van der Waals surface area contributed by atoms with Crippen molar-refractivity contribution in [2.75, 3.05) is 25.4 Å². The van der Waals surface area contributed by atoms with Gasteiger partial charge in [0.2, 0.25) is 0 Å². The van der Waals surface area contributed by atoms with Crippen LogP contribution in [0.5, 0.6) is 5.75 Å². The van der Waals surface area contributed by atoms with Crippen LogP contribution in [0.25, 0.3) is 10.8 Å². The minimum absolute atomic E-state index is 0.0927. The van der Waals surface area contributed by atoms with Crippen molar-refractivity contribution in [2.24, 2.45) is 0 Å². The maximum Gasteiger partial charge on any atom is 0.260 e. The van der Waals surface area contributed by atoms with Gasteiger partial charge in [-0.3, -0.25) is 4.79 Å². The lowest BCUT2D eigenvalue weighted by atomic mass is 10.1. The average Bonchev–Trinajstić information content (AvgIpc) is 2.90. The molecule has 3 aromatic rings. The van der Waals surface area contributed by atoms with Crippen molar-refractivity contribution in [3.05, 3.63) is 77.3 Å². The molecule has 5 nitrogen and oxygen atoms in total. The molecule has 1 heterocycles. The molecule has 30 heavy (non-hydrogen) atoms. The van der Waals surface area contributed by atoms with E-state index in [1.165, 1.54) is 0 Å². The molecule has 0 spiro atoms. The molecule has 156 valence electrons. The van der Waals surface area contributed by atoms with Crippen LogP contribution in [0, 0.1) is 0 Å². The zero-order valence-corrected chi connectivity index (χ0v) is 17.9. The number of halogens is 1. The Balaban J connectivity index is 1.43. The van der Waals surface area contributed by atoms with Crippen LogP contribution in [-0.4, -0.2) is 44.7 Å². The van der Waals surface area contributed by atoms with Crippen LogP contribution in [0.15, 0.2) is 66.7 Å². The summed E-state index contributed by atoms with van der Waals surface area (Å²) >= 11 is 6.23. The van der Waals surface area contributed by atoms with Gasteiger partial charge in [-0.25, -0.2) is 8.42 Å². The highest BCUT2D eigenvalue weighted by Gasteiger charge is 2.33. The molecule has 7 heteroatoms. The van der Waals surface area contributed by atoms with Crippen LogP contribution in [0.1, 0.15) is 17.2 Å². The van der Waals surface area contributed by atoms with Crippen molar-refractivity contribution in [1.82, 2.24) is 4.90 Å². The van der Waals surface area contributed by atoms with Crippen molar-refractivity contribution in [2.45, 2.75) is 11.7 Å². The summed E-state index contributed by atoms with van der Waals surface area (Å²) in [4.78, 5) is 14.3. The van der Waals surface area contributed by atoms with Crippen LogP contribution in [-0.2, 0) is 14.6 Å². The van der Waals surface area contributed by atoms with E-state index >= 15 is 0 Å². The van der Waals surface area contributed by atoms with Crippen LogP contribution in [0.2, 0.25) is 5.02 Å². The minimum Gasteiger partial charge on any atom is -0.484 e. The van der Waals surface area contributed by atoms with Crippen molar-refractivity contribution in [3.63, 3.8) is 0 Å². The summed E-state index contributed by atoms with van der Waals surface area (Å²) in [7, 11) is -3.41. The van der Waals surface area contributed by atoms with E-state index in [1.807, 2.05) is 42.5 Å². The van der Waals surface area contributed by atoms with Gasteiger partial charge >= 0.3 is 0 Å². The average molecular weight is 444 g/mol. The number of nitrogens with zero attached hydrogens (tertiary/aromatic N) is 1. The lowest BCUT2D eigenvalue weighted by Crippen LogP contribution is -2.37. The van der Waals surface area contributed by atoms with Crippen LogP contribution in [0.4, 0.5) is 0 Å². The topological polar surface area (TPSA) is 63.7 Å². The number of fused-ring (bicyclic) bond motifs is 1. The minimum atomic E-state index is -3.41.